The van der Waals surface area contributed by atoms with Gasteiger partial charge in [0, 0.05) is 25.6 Å². The van der Waals surface area contributed by atoms with Crippen molar-refractivity contribution in [3.63, 3.8) is 0 Å². The van der Waals surface area contributed by atoms with Crippen LogP contribution in [0.4, 0.5) is 0 Å². The molecule has 4 aliphatic rings. The molecule has 106 valence electrons. The Labute approximate surface area is 116 Å². The number of hydrogen-bond acceptors (Lipinski definition) is 2. The Balaban J connectivity index is 1.52. The predicted octanol–water partition coefficient (Wildman–Crippen LogP) is 2.17. The maximum Gasteiger partial charge on any atom is 0.226 e. The van der Waals surface area contributed by atoms with Crippen LogP contribution in [0.15, 0.2) is 0 Å². The Morgan fingerprint density at radius 2 is 1.79 bits per heavy atom. The molecule has 0 bridgehead atoms. The van der Waals surface area contributed by atoms with Gasteiger partial charge in [0.25, 0.3) is 0 Å². The van der Waals surface area contributed by atoms with E-state index < -0.39 is 0 Å². The third-order valence-electron chi connectivity index (χ3n) is 6.28. The molecule has 19 heavy (non-hydrogen) atoms. The maximum absolute atomic E-state index is 12.9. The van der Waals surface area contributed by atoms with Crippen LogP contribution in [0.25, 0.3) is 0 Å². The van der Waals surface area contributed by atoms with Gasteiger partial charge in [-0.1, -0.05) is 25.7 Å². The van der Waals surface area contributed by atoms with E-state index in [0.29, 0.717) is 11.8 Å². The minimum Gasteiger partial charge on any atom is -0.334 e. The topological polar surface area (TPSA) is 32.3 Å². The smallest absolute Gasteiger partial charge is 0.226 e. The van der Waals surface area contributed by atoms with Crippen LogP contribution >= 0.6 is 0 Å². The van der Waals surface area contributed by atoms with Crippen molar-refractivity contribution in [1.29, 1.82) is 0 Å². The number of carbonyl (C=O) groups is 1. The highest BCUT2D eigenvalue weighted by atomic mass is 16.2. The van der Waals surface area contributed by atoms with Crippen LogP contribution in [0.5, 0.6) is 0 Å². The van der Waals surface area contributed by atoms with E-state index in [1.165, 1.54) is 51.4 Å². The molecule has 4 rings (SSSR count). The van der Waals surface area contributed by atoms with E-state index >= 15 is 0 Å². The number of amides is 1. The Hall–Kier alpha value is -0.570. The summed E-state index contributed by atoms with van der Waals surface area (Å²) in [4.78, 5) is 15.3. The molecule has 4 fully saturated rings. The van der Waals surface area contributed by atoms with Gasteiger partial charge in [0.15, 0.2) is 0 Å². The first-order valence-corrected chi connectivity index (χ1v) is 8.34. The quantitative estimate of drug-likeness (QED) is 0.785. The van der Waals surface area contributed by atoms with Crippen molar-refractivity contribution in [2.75, 3.05) is 19.6 Å². The molecule has 1 saturated heterocycles. The predicted molar refractivity (Wildman–Crippen MR) is 74.7 cm³/mol. The fourth-order valence-electron chi connectivity index (χ4n) is 5.21. The molecule has 3 heteroatoms. The monoisotopic (exact) mass is 262 g/mol. The van der Waals surface area contributed by atoms with Gasteiger partial charge in [0.1, 0.15) is 0 Å². The van der Waals surface area contributed by atoms with Gasteiger partial charge in [-0.2, -0.15) is 0 Å². The van der Waals surface area contributed by atoms with Crippen molar-refractivity contribution in [3.05, 3.63) is 0 Å². The number of hydrogen-bond donors (Lipinski definition) is 1. The minimum atomic E-state index is 0.185. The fraction of sp³-hybridized carbons (Fsp3) is 0.938. The van der Waals surface area contributed by atoms with E-state index in [0.717, 1.165) is 31.5 Å². The summed E-state index contributed by atoms with van der Waals surface area (Å²) in [5, 5.41) is 3.55. The molecule has 2 unspecified atom stereocenters. The highest BCUT2D eigenvalue weighted by Crippen LogP contribution is 2.58. The summed E-state index contributed by atoms with van der Waals surface area (Å²) in [5.74, 6) is 2.48. The van der Waals surface area contributed by atoms with Crippen molar-refractivity contribution < 1.29 is 4.79 Å². The Morgan fingerprint density at radius 3 is 2.53 bits per heavy atom. The molecule has 1 heterocycles. The Kier molecular flexibility index (Phi) is 2.87. The van der Waals surface area contributed by atoms with E-state index in [4.69, 9.17) is 0 Å². The summed E-state index contributed by atoms with van der Waals surface area (Å²) in [7, 11) is 0. The second-order valence-electron chi connectivity index (χ2n) is 7.24. The molecule has 2 atom stereocenters. The number of carbonyl (C=O) groups excluding carboxylic acids is 1. The first kappa shape index (κ1) is 12.2. The molecule has 1 spiro atoms. The van der Waals surface area contributed by atoms with E-state index in [1.807, 2.05) is 0 Å². The number of piperazine rings is 1. The van der Waals surface area contributed by atoms with Gasteiger partial charge in [-0.3, -0.25) is 4.79 Å². The second-order valence-corrected chi connectivity index (χ2v) is 7.24. The van der Waals surface area contributed by atoms with Crippen LogP contribution in [0, 0.1) is 17.8 Å². The standard InChI is InChI=1S/C16H26N2O/c19-15(14-12-5-4-6-13(12)14)18-10-9-17-11-16(18)7-2-1-3-8-16/h12-14,17H,1-11H2. The molecular formula is C16H26N2O. The summed E-state index contributed by atoms with van der Waals surface area (Å²) >= 11 is 0. The minimum absolute atomic E-state index is 0.185. The number of nitrogens with zero attached hydrogens (tertiary/aromatic N) is 1. The lowest BCUT2D eigenvalue weighted by Crippen LogP contribution is -2.64. The van der Waals surface area contributed by atoms with E-state index in [2.05, 4.69) is 10.2 Å². The lowest BCUT2D eigenvalue weighted by atomic mass is 9.78. The van der Waals surface area contributed by atoms with Crippen LogP contribution in [0.1, 0.15) is 51.4 Å². The third-order valence-corrected chi connectivity index (χ3v) is 6.28. The summed E-state index contributed by atoms with van der Waals surface area (Å²) in [5.41, 5.74) is 0.185. The lowest BCUT2D eigenvalue weighted by molar-refractivity contribution is -0.143. The zero-order valence-corrected chi connectivity index (χ0v) is 11.9. The molecule has 1 amide bonds. The molecule has 0 aromatic rings. The Morgan fingerprint density at radius 1 is 1.05 bits per heavy atom. The largest absolute Gasteiger partial charge is 0.334 e. The third kappa shape index (κ3) is 1.84. The number of fused-ring (bicyclic) bond motifs is 1. The number of nitrogens with one attached hydrogen (secondary N) is 1. The van der Waals surface area contributed by atoms with Gasteiger partial charge < -0.3 is 10.2 Å². The van der Waals surface area contributed by atoms with Gasteiger partial charge in [0.05, 0.1) is 5.54 Å². The first-order valence-electron chi connectivity index (χ1n) is 8.34. The second kappa shape index (κ2) is 4.47. The summed E-state index contributed by atoms with van der Waals surface area (Å²) in [6.07, 6.45) is 10.4. The normalized spacial score (nSPS) is 40.2. The lowest BCUT2D eigenvalue weighted by Gasteiger charge is -2.50. The van der Waals surface area contributed by atoms with Crippen molar-refractivity contribution >= 4 is 5.91 Å². The van der Waals surface area contributed by atoms with Gasteiger partial charge >= 0.3 is 0 Å². The molecule has 1 aliphatic heterocycles. The highest BCUT2D eigenvalue weighted by Gasteiger charge is 2.59. The van der Waals surface area contributed by atoms with Gasteiger partial charge in [-0.25, -0.2) is 0 Å². The number of rotatable bonds is 1. The summed E-state index contributed by atoms with van der Waals surface area (Å²) in [6, 6.07) is 0. The van der Waals surface area contributed by atoms with Crippen LogP contribution in [0.2, 0.25) is 0 Å². The molecule has 0 aromatic heterocycles. The van der Waals surface area contributed by atoms with E-state index in [9.17, 15) is 4.79 Å². The maximum atomic E-state index is 12.9. The first-order chi connectivity index (χ1) is 9.32. The average molecular weight is 262 g/mol. The fourth-order valence-corrected chi connectivity index (χ4v) is 5.21. The highest BCUT2D eigenvalue weighted by molar-refractivity contribution is 5.83. The van der Waals surface area contributed by atoms with Gasteiger partial charge in [0.2, 0.25) is 5.91 Å². The molecule has 0 aromatic carbocycles. The van der Waals surface area contributed by atoms with E-state index in [1.54, 1.807) is 0 Å². The zero-order chi connectivity index (χ0) is 12.9. The van der Waals surface area contributed by atoms with Crippen molar-refractivity contribution in [2.45, 2.75) is 56.9 Å². The van der Waals surface area contributed by atoms with E-state index in [-0.39, 0.29) is 5.54 Å². The van der Waals surface area contributed by atoms with Crippen LogP contribution in [0.3, 0.4) is 0 Å². The van der Waals surface area contributed by atoms with Gasteiger partial charge in [-0.05, 0) is 37.5 Å². The van der Waals surface area contributed by atoms with Crippen LogP contribution < -0.4 is 5.32 Å². The molecule has 0 radical (unpaired) electrons. The zero-order valence-electron chi connectivity index (χ0n) is 11.9. The van der Waals surface area contributed by atoms with Crippen molar-refractivity contribution in [3.8, 4) is 0 Å². The van der Waals surface area contributed by atoms with Crippen molar-refractivity contribution in [2.24, 2.45) is 17.8 Å². The average Bonchev–Trinajstić information content (AvgIpc) is 2.92. The van der Waals surface area contributed by atoms with Crippen LogP contribution in [-0.4, -0.2) is 36.0 Å². The molecule has 3 nitrogen and oxygen atoms in total. The van der Waals surface area contributed by atoms with Crippen molar-refractivity contribution in [1.82, 2.24) is 10.2 Å². The Bertz CT molecular complexity index is 357. The summed E-state index contributed by atoms with van der Waals surface area (Å²) in [6.45, 7) is 2.99. The van der Waals surface area contributed by atoms with Gasteiger partial charge in [-0.15, -0.1) is 0 Å². The van der Waals surface area contributed by atoms with Crippen LogP contribution in [-0.2, 0) is 4.79 Å². The summed E-state index contributed by atoms with van der Waals surface area (Å²) < 4.78 is 0. The molecule has 1 N–H and O–H groups in total. The molecular weight excluding hydrogens is 236 g/mol. The SMILES string of the molecule is O=C(C1C2CCCC21)N1CCNCC12CCCCC2. The molecule has 3 saturated carbocycles. The molecule has 3 aliphatic carbocycles.